The summed E-state index contributed by atoms with van der Waals surface area (Å²) in [6.45, 7) is 2.66. The molecular weight excluding hydrogens is 352 g/mol. The fourth-order valence-corrected chi connectivity index (χ4v) is 2.79. The summed E-state index contributed by atoms with van der Waals surface area (Å²) in [7, 11) is 0. The highest BCUT2D eigenvalue weighted by molar-refractivity contribution is 5.96. The molecule has 5 heteroatoms. The van der Waals surface area contributed by atoms with E-state index in [9.17, 15) is 9.59 Å². The fourth-order valence-electron chi connectivity index (χ4n) is 2.79. The summed E-state index contributed by atoms with van der Waals surface area (Å²) in [4.78, 5) is 24.1. The van der Waals surface area contributed by atoms with Crippen LogP contribution in [0.5, 0.6) is 5.75 Å². The van der Waals surface area contributed by atoms with Gasteiger partial charge in [0, 0.05) is 17.8 Å². The van der Waals surface area contributed by atoms with Crippen molar-refractivity contribution in [2.45, 2.75) is 19.8 Å². The second kappa shape index (κ2) is 9.55. The predicted octanol–water partition coefficient (Wildman–Crippen LogP) is 4.39. The Morgan fingerprint density at radius 1 is 0.929 bits per heavy atom. The lowest BCUT2D eigenvalue weighted by atomic mass is 10.1. The van der Waals surface area contributed by atoms with E-state index in [2.05, 4.69) is 17.6 Å². The van der Waals surface area contributed by atoms with E-state index in [1.54, 1.807) is 24.3 Å². The zero-order valence-corrected chi connectivity index (χ0v) is 15.9. The monoisotopic (exact) mass is 376 g/mol. The minimum Gasteiger partial charge on any atom is -0.484 e. The molecule has 0 radical (unpaired) electrons. The van der Waals surface area contributed by atoms with Gasteiger partial charge in [0.25, 0.3) is 11.8 Å². The van der Waals surface area contributed by atoms with Crippen molar-refractivity contribution in [1.29, 1.82) is 0 Å². The van der Waals surface area contributed by atoms with E-state index >= 15 is 0 Å². The normalized spacial score (nSPS) is 10.5. The first kappa shape index (κ1) is 19.4. The van der Waals surface area contributed by atoms with Crippen LogP contribution in [0.2, 0.25) is 0 Å². The Labute approximate surface area is 164 Å². The largest absolute Gasteiger partial charge is 0.484 e. The van der Waals surface area contributed by atoms with Crippen LogP contribution in [0.15, 0.2) is 66.7 Å². The number of rotatable bonds is 8. The van der Waals surface area contributed by atoms with Crippen LogP contribution in [-0.2, 0) is 4.79 Å². The number of unbranched alkanes of at least 4 members (excludes halogenated alkanes) is 1. The summed E-state index contributed by atoms with van der Waals surface area (Å²) in [5.74, 6) is 0.284. The minimum atomic E-state index is -0.256. The lowest BCUT2D eigenvalue weighted by molar-refractivity contribution is -0.118. The molecular formula is C23H24N2O3. The average Bonchev–Trinajstić information content (AvgIpc) is 2.73. The summed E-state index contributed by atoms with van der Waals surface area (Å²) >= 11 is 0. The number of hydrogen-bond acceptors (Lipinski definition) is 3. The van der Waals surface area contributed by atoms with E-state index in [0.717, 1.165) is 23.6 Å². The van der Waals surface area contributed by atoms with Gasteiger partial charge in [-0.1, -0.05) is 43.7 Å². The highest BCUT2D eigenvalue weighted by Gasteiger charge is 2.07. The van der Waals surface area contributed by atoms with Crippen LogP contribution in [0.4, 0.5) is 5.69 Å². The van der Waals surface area contributed by atoms with Gasteiger partial charge < -0.3 is 15.4 Å². The molecule has 0 fully saturated rings. The molecule has 0 saturated heterocycles. The van der Waals surface area contributed by atoms with Crippen molar-refractivity contribution in [3.05, 3.63) is 72.3 Å². The Balaban J connectivity index is 1.50. The van der Waals surface area contributed by atoms with Gasteiger partial charge in [-0.2, -0.15) is 0 Å². The van der Waals surface area contributed by atoms with Crippen molar-refractivity contribution in [2.24, 2.45) is 0 Å². The van der Waals surface area contributed by atoms with Crippen molar-refractivity contribution < 1.29 is 14.3 Å². The van der Waals surface area contributed by atoms with Crippen molar-refractivity contribution in [1.82, 2.24) is 5.32 Å². The van der Waals surface area contributed by atoms with Gasteiger partial charge in [0.1, 0.15) is 5.75 Å². The molecule has 3 aromatic rings. The predicted molar refractivity (Wildman–Crippen MR) is 112 cm³/mol. The Morgan fingerprint density at radius 2 is 1.68 bits per heavy atom. The number of anilines is 1. The van der Waals surface area contributed by atoms with Gasteiger partial charge in [-0.05, 0) is 53.6 Å². The SMILES string of the molecule is CCCCNC(=O)c1ccc(NC(=O)COc2ccc3ccccc3c2)cc1. The highest BCUT2D eigenvalue weighted by Crippen LogP contribution is 2.20. The maximum Gasteiger partial charge on any atom is 0.262 e. The molecule has 0 heterocycles. The summed E-state index contributed by atoms with van der Waals surface area (Å²) in [6, 6.07) is 20.5. The number of fused-ring (bicyclic) bond motifs is 1. The van der Waals surface area contributed by atoms with Crippen LogP contribution in [0.25, 0.3) is 10.8 Å². The molecule has 0 saturated carbocycles. The maximum atomic E-state index is 12.1. The van der Waals surface area contributed by atoms with Gasteiger partial charge in [-0.15, -0.1) is 0 Å². The maximum absolute atomic E-state index is 12.1. The van der Waals surface area contributed by atoms with Crippen molar-refractivity contribution in [3.8, 4) is 5.75 Å². The van der Waals surface area contributed by atoms with Crippen molar-refractivity contribution >= 4 is 28.3 Å². The number of carbonyl (C=O) groups excluding carboxylic acids is 2. The third-order valence-electron chi connectivity index (χ3n) is 4.34. The minimum absolute atomic E-state index is 0.0857. The molecule has 3 aromatic carbocycles. The van der Waals surface area contributed by atoms with Crippen LogP contribution in [0.1, 0.15) is 30.1 Å². The molecule has 0 aliphatic heterocycles. The Hall–Kier alpha value is -3.34. The lowest BCUT2D eigenvalue weighted by Gasteiger charge is -2.09. The van der Waals surface area contributed by atoms with Crippen molar-refractivity contribution in [2.75, 3.05) is 18.5 Å². The van der Waals surface area contributed by atoms with Gasteiger partial charge in [-0.25, -0.2) is 0 Å². The molecule has 28 heavy (non-hydrogen) atoms. The van der Waals surface area contributed by atoms with E-state index in [4.69, 9.17) is 4.74 Å². The third kappa shape index (κ3) is 5.33. The molecule has 0 aromatic heterocycles. The standard InChI is InChI=1S/C23H24N2O3/c1-2-3-14-24-23(27)18-8-11-20(12-9-18)25-22(26)16-28-21-13-10-17-6-4-5-7-19(17)15-21/h4-13,15H,2-3,14,16H2,1H3,(H,24,27)(H,25,26). The third-order valence-corrected chi connectivity index (χ3v) is 4.34. The van der Waals surface area contributed by atoms with Gasteiger partial charge in [-0.3, -0.25) is 9.59 Å². The molecule has 5 nitrogen and oxygen atoms in total. The van der Waals surface area contributed by atoms with Gasteiger partial charge in [0.15, 0.2) is 6.61 Å². The molecule has 0 bridgehead atoms. The first-order valence-corrected chi connectivity index (χ1v) is 9.45. The molecule has 2 N–H and O–H groups in total. The van der Waals surface area contributed by atoms with Gasteiger partial charge >= 0.3 is 0 Å². The molecule has 0 unspecified atom stereocenters. The van der Waals surface area contributed by atoms with Crippen LogP contribution in [-0.4, -0.2) is 25.0 Å². The van der Waals surface area contributed by atoms with Crippen LogP contribution >= 0.6 is 0 Å². The van der Waals surface area contributed by atoms with E-state index in [1.165, 1.54) is 0 Å². The van der Waals surface area contributed by atoms with E-state index < -0.39 is 0 Å². The zero-order chi connectivity index (χ0) is 19.8. The van der Waals surface area contributed by atoms with Crippen LogP contribution in [0.3, 0.4) is 0 Å². The molecule has 0 atom stereocenters. The number of carbonyl (C=O) groups is 2. The first-order valence-electron chi connectivity index (χ1n) is 9.45. The summed E-state index contributed by atoms with van der Waals surface area (Å²) < 4.78 is 5.59. The topological polar surface area (TPSA) is 67.4 Å². The number of benzene rings is 3. The first-order chi connectivity index (χ1) is 13.7. The fraction of sp³-hybridized carbons (Fsp3) is 0.217. The Morgan fingerprint density at radius 3 is 2.43 bits per heavy atom. The number of ether oxygens (including phenoxy) is 1. The van der Waals surface area contributed by atoms with E-state index in [1.807, 2.05) is 42.5 Å². The average molecular weight is 376 g/mol. The van der Waals surface area contributed by atoms with Gasteiger partial charge in [0.05, 0.1) is 0 Å². The smallest absolute Gasteiger partial charge is 0.262 e. The number of amides is 2. The summed E-state index contributed by atoms with van der Waals surface area (Å²) in [5, 5.41) is 7.82. The second-order valence-electron chi connectivity index (χ2n) is 6.53. The molecule has 144 valence electrons. The van der Waals surface area contributed by atoms with Crippen LogP contribution < -0.4 is 15.4 Å². The Kier molecular flexibility index (Phi) is 6.63. The van der Waals surface area contributed by atoms with Crippen molar-refractivity contribution in [3.63, 3.8) is 0 Å². The Bertz CT molecular complexity index is 951. The molecule has 0 spiro atoms. The second-order valence-corrected chi connectivity index (χ2v) is 6.53. The number of nitrogens with one attached hydrogen (secondary N) is 2. The molecule has 0 aliphatic rings. The lowest BCUT2D eigenvalue weighted by Crippen LogP contribution is -2.24. The van der Waals surface area contributed by atoms with E-state index in [0.29, 0.717) is 23.5 Å². The quantitative estimate of drug-likeness (QED) is 0.573. The highest BCUT2D eigenvalue weighted by atomic mass is 16.5. The number of hydrogen-bond donors (Lipinski definition) is 2. The summed E-state index contributed by atoms with van der Waals surface area (Å²) in [5.41, 5.74) is 1.19. The molecule has 2 amide bonds. The zero-order valence-electron chi connectivity index (χ0n) is 15.9. The molecule has 0 aliphatic carbocycles. The van der Waals surface area contributed by atoms with Crippen LogP contribution in [0, 0.1) is 0 Å². The van der Waals surface area contributed by atoms with E-state index in [-0.39, 0.29) is 18.4 Å². The van der Waals surface area contributed by atoms with Gasteiger partial charge in [0.2, 0.25) is 0 Å². The molecule has 3 rings (SSSR count). The summed E-state index contributed by atoms with van der Waals surface area (Å²) in [6.07, 6.45) is 1.99.